The lowest BCUT2D eigenvalue weighted by molar-refractivity contribution is 0.348. The zero-order valence-corrected chi connectivity index (χ0v) is 15.7. The summed E-state index contributed by atoms with van der Waals surface area (Å²) < 4.78 is 31.2. The van der Waals surface area contributed by atoms with Gasteiger partial charge in [0.15, 0.2) is 0 Å². The Morgan fingerprint density at radius 2 is 1.39 bits per heavy atom. The number of benzene rings is 3. The van der Waals surface area contributed by atoms with Crippen LogP contribution >= 0.6 is 0 Å². The number of hydrogen-bond donors (Lipinski definition) is 0. The smallest absolute Gasteiger partial charge is 0.217 e. The van der Waals surface area contributed by atoms with Gasteiger partial charge in [-0.2, -0.15) is 0 Å². The van der Waals surface area contributed by atoms with Gasteiger partial charge in [0.25, 0.3) is 0 Å². The van der Waals surface area contributed by atoms with Crippen molar-refractivity contribution in [1.82, 2.24) is 0 Å². The minimum Gasteiger partial charge on any atom is -0.497 e. The molecule has 1 aliphatic rings. The van der Waals surface area contributed by atoms with Gasteiger partial charge in [-0.3, -0.25) is 0 Å². The second-order valence-corrected chi connectivity index (χ2v) is 6.34. The largest absolute Gasteiger partial charge is 0.497 e. The fraction of sp³-hybridized carbons (Fsp3) is 0.174. The average Bonchev–Trinajstić information content (AvgIpc) is 3.28. The van der Waals surface area contributed by atoms with Crippen molar-refractivity contribution in [3.63, 3.8) is 0 Å². The summed E-state index contributed by atoms with van der Waals surface area (Å²) in [4.78, 5) is 4.47. The summed E-state index contributed by atoms with van der Waals surface area (Å²) in [6.07, 6.45) is 0. The SMILES string of the molecule is COc1ccc(-c2ccc(F)c(-c3ccc(OC)cc3)c2C2=NCCO2)cc1. The van der Waals surface area contributed by atoms with E-state index in [-0.39, 0.29) is 5.82 Å². The normalized spacial score (nSPS) is 13.0. The molecular weight excluding hydrogens is 357 g/mol. The van der Waals surface area contributed by atoms with Gasteiger partial charge in [-0.15, -0.1) is 0 Å². The quantitative estimate of drug-likeness (QED) is 0.631. The summed E-state index contributed by atoms with van der Waals surface area (Å²) in [5.41, 5.74) is 3.66. The molecule has 0 saturated carbocycles. The molecule has 1 aliphatic heterocycles. The fourth-order valence-electron chi connectivity index (χ4n) is 3.34. The number of ether oxygens (including phenoxy) is 3. The van der Waals surface area contributed by atoms with Crippen LogP contribution in [-0.4, -0.2) is 33.3 Å². The molecule has 0 bridgehead atoms. The van der Waals surface area contributed by atoms with Gasteiger partial charge >= 0.3 is 0 Å². The molecule has 0 saturated heterocycles. The maximum Gasteiger partial charge on any atom is 0.217 e. The molecule has 0 unspecified atom stereocenters. The molecule has 142 valence electrons. The Bertz CT molecular complexity index is 1010. The summed E-state index contributed by atoms with van der Waals surface area (Å²) in [5, 5.41) is 0. The maximum absolute atomic E-state index is 15.0. The van der Waals surface area contributed by atoms with Crippen LogP contribution < -0.4 is 9.47 Å². The van der Waals surface area contributed by atoms with Gasteiger partial charge in [0.05, 0.1) is 26.3 Å². The zero-order valence-electron chi connectivity index (χ0n) is 15.7. The summed E-state index contributed by atoms with van der Waals surface area (Å²) >= 11 is 0. The fourth-order valence-corrected chi connectivity index (χ4v) is 3.34. The van der Waals surface area contributed by atoms with Gasteiger partial charge in [0.1, 0.15) is 23.9 Å². The molecule has 28 heavy (non-hydrogen) atoms. The molecule has 4 rings (SSSR count). The molecule has 0 radical (unpaired) electrons. The number of nitrogens with zero attached hydrogens (tertiary/aromatic N) is 1. The highest BCUT2D eigenvalue weighted by molar-refractivity contribution is 6.07. The van der Waals surface area contributed by atoms with Crippen LogP contribution in [0.5, 0.6) is 11.5 Å². The third-order valence-electron chi connectivity index (χ3n) is 4.73. The highest BCUT2D eigenvalue weighted by Gasteiger charge is 2.24. The van der Waals surface area contributed by atoms with Crippen molar-refractivity contribution in [3.05, 3.63) is 72.0 Å². The molecule has 1 heterocycles. The van der Waals surface area contributed by atoms with Crippen molar-refractivity contribution >= 4 is 5.90 Å². The predicted molar refractivity (Wildman–Crippen MR) is 108 cm³/mol. The van der Waals surface area contributed by atoms with Crippen LogP contribution in [0.3, 0.4) is 0 Å². The first-order chi connectivity index (χ1) is 13.7. The number of methoxy groups -OCH3 is 2. The maximum atomic E-state index is 15.0. The van der Waals surface area contributed by atoms with Crippen molar-refractivity contribution in [2.75, 3.05) is 27.4 Å². The molecule has 0 N–H and O–H groups in total. The topological polar surface area (TPSA) is 40.0 Å². The van der Waals surface area contributed by atoms with E-state index in [2.05, 4.69) is 4.99 Å². The van der Waals surface area contributed by atoms with Crippen molar-refractivity contribution in [1.29, 1.82) is 0 Å². The predicted octanol–water partition coefficient (Wildman–Crippen LogP) is 4.95. The summed E-state index contributed by atoms with van der Waals surface area (Å²) in [5.74, 6) is 1.62. The molecule has 5 heteroatoms. The molecule has 0 aliphatic carbocycles. The third kappa shape index (κ3) is 3.31. The molecule has 3 aromatic carbocycles. The van der Waals surface area contributed by atoms with Gasteiger partial charge in [-0.25, -0.2) is 9.38 Å². The lowest BCUT2D eigenvalue weighted by Gasteiger charge is -2.17. The Kier molecular flexibility index (Phi) is 4.98. The zero-order chi connectivity index (χ0) is 19.5. The van der Waals surface area contributed by atoms with E-state index in [0.29, 0.717) is 35.9 Å². The number of aliphatic imine (C=N–C) groups is 1. The van der Waals surface area contributed by atoms with Crippen LogP contribution in [0.25, 0.3) is 22.3 Å². The molecule has 0 atom stereocenters. The first kappa shape index (κ1) is 18.0. The Labute approximate surface area is 163 Å². The van der Waals surface area contributed by atoms with Gasteiger partial charge in [-0.05, 0) is 47.0 Å². The molecule has 0 amide bonds. The molecule has 0 fully saturated rings. The van der Waals surface area contributed by atoms with E-state index in [0.717, 1.165) is 22.4 Å². The van der Waals surface area contributed by atoms with E-state index in [9.17, 15) is 0 Å². The van der Waals surface area contributed by atoms with E-state index >= 15 is 4.39 Å². The Balaban J connectivity index is 1.93. The molecular formula is C23H20FNO3. The highest BCUT2D eigenvalue weighted by Crippen LogP contribution is 2.37. The second-order valence-electron chi connectivity index (χ2n) is 6.34. The van der Waals surface area contributed by atoms with Crippen molar-refractivity contribution in [2.24, 2.45) is 4.99 Å². The Morgan fingerprint density at radius 1 is 0.786 bits per heavy atom. The first-order valence-corrected chi connectivity index (χ1v) is 9.00. The van der Waals surface area contributed by atoms with Crippen molar-refractivity contribution in [3.8, 4) is 33.8 Å². The average molecular weight is 377 g/mol. The van der Waals surface area contributed by atoms with E-state index in [1.807, 2.05) is 48.5 Å². The number of rotatable bonds is 5. The van der Waals surface area contributed by atoms with Crippen molar-refractivity contribution in [2.45, 2.75) is 0 Å². The summed E-state index contributed by atoms with van der Waals surface area (Å²) in [6.45, 7) is 1.06. The van der Waals surface area contributed by atoms with Crippen LogP contribution in [-0.2, 0) is 4.74 Å². The van der Waals surface area contributed by atoms with Crippen LogP contribution in [0.4, 0.5) is 4.39 Å². The molecule has 3 aromatic rings. The standard InChI is InChI=1S/C23H20FNO3/c1-26-17-7-3-15(4-8-17)19-11-12-20(24)21(22(19)23-25-13-14-28-23)16-5-9-18(27-2)10-6-16/h3-12H,13-14H2,1-2H3. The Hall–Kier alpha value is -3.34. The third-order valence-corrected chi connectivity index (χ3v) is 4.73. The van der Waals surface area contributed by atoms with Crippen LogP contribution in [0.1, 0.15) is 5.56 Å². The van der Waals surface area contributed by atoms with E-state index in [1.165, 1.54) is 6.07 Å². The van der Waals surface area contributed by atoms with Crippen molar-refractivity contribution < 1.29 is 18.6 Å². The van der Waals surface area contributed by atoms with E-state index < -0.39 is 0 Å². The minimum absolute atomic E-state index is 0.323. The summed E-state index contributed by atoms with van der Waals surface area (Å²) in [7, 11) is 3.23. The van der Waals surface area contributed by atoms with Gasteiger partial charge in [0.2, 0.25) is 5.90 Å². The number of halogens is 1. The van der Waals surface area contributed by atoms with Crippen LogP contribution in [0, 0.1) is 5.82 Å². The van der Waals surface area contributed by atoms with Crippen LogP contribution in [0.2, 0.25) is 0 Å². The monoisotopic (exact) mass is 377 g/mol. The molecule has 0 spiro atoms. The highest BCUT2D eigenvalue weighted by atomic mass is 19.1. The summed E-state index contributed by atoms with van der Waals surface area (Å²) in [6, 6.07) is 18.2. The lowest BCUT2D eigenvalue weighted by Crippen LogP contribution is -2.08. The molecule has 0 aromatic heterocycles. The van der Waals surface area contributed by atoms with Gasteiger partial charge in [-0.1, -0.05) is 30.3 Å². The first-order valence-electron chi connectivity index (χ1n) is 9.00. The minimum atomic E-state index is -0.323. The van der Waals surface area contributed by atoms with E-state index in [1.54, 1.807) is 20.3 Å². The van der Waals surface area contributed by atoms with Gasteiger partial charge in [0, 0.05) is 5.56 Å². The number of hydrogen-bond acceptors (Lipinski definition) is 4. The Morgan fingerprint density at radius 3 is 1.93 bits per heavy atom. The van der Waals surface area contributed by atoms with Crippen LogP contribution in [0.15, 0.2) is 65.7 Å². The molecule has 4 nitrogen and oxygen atoms in total. The lowest BCUT2D eigenvalue weighted by atomic mass is 9.91. The van der Waals surface area contributed by atoms with Gasteiger partial charge < -0.3 is 14.2 Å². The second kappa shape index (κ2) is 7.72. The van der Waals surface area contributed by atoms with E-state index in [4.69, 9.17) is 14.2 Å².